The quantitative estimate of drug-likeness (QED) is 0.218. The number of carbonyl (C=O) groups is 2. The molecule has 0 bridgehead atoms. The first-order valence-electron chi connectivity index (χ1n) is 15.3. The number of imidazole rings is 1. The lowest BCUT2D eigenvalue weighted by Crippen LogP contribution is -2.44. The molecule has 6 rings (SSSR count). The molecule has 2 aliphatic rings. The number of hydrogen-bond acceptors (Lipinski definition) is 8. The number of halogens is 1. The Balaban J connectivity index is 1.57. The second kappa shape index (κ2) is 11.8. The number of likely N-dealkylation sites (N-methyl/N-ethyl adjacent to an activating group) is 1. The molecule has 2 atom stereocenters. The molecule has 0 radical (unpaired) electrons. The van der Waals surface area contributed by atoms with Crippen molar-refractivity contribution in [2.45, 2.75) is 82.9 Å². The second-order valence-corrected chi connectivity index (χ2v) is 15.4. The number of imide groups is 1. The minimum atomic E-state index is -0.948. The Kier molecular flexibility index (Phi) is 8.14. The fourth-order valence-electron chi connectivity index (χ4n) is 5.80. The van der Waals surface area contributed by atoms with Gasteiger partial charge in [0.05, 0.1) is 23.6 Å². The number of nitrogens with one attached hydrogen (secondary N) is 1. The molecule has 4 heterocycles. The molecule has 2 unspecified atom stereocenters. The number of benzene rings is 1. The molecule has 10 nitrogen and oxygen atoms in total. The van der Waals surface area contributed by atoms with E-state index in [1.165, 1.54) is 17.0 Å². The zero-order valence-corrected chi connectivity index (χ0v) is 28.0. The van der Waals surface area contributed by atoms with Crippen molar-refractivity contribution >= 4 is 50.9 Å². The molecule has 1 aromatic carbocycles. The molecular weight excluding hydrogens is 607 g/mol. The third-order valence-electron chi connectivity index (χ3n) is 7.72. The van der Waals surface area contributed by atoms with Crippen molar-refractivity contribution in [1.82, 2.24) is 19.7 Å². The molecule has 0 spiro atoms. The van der Waals surface area contributed by atoms with Crippen LogP contribution in [-0.4, -0.2) is 56.4 Å². The largest absolute Gasteiger partial charge is 0.443 e. The number of rotatable bonds is 4. The summed E-state index contributed by atoms with van der Waals surface area (Å²) in [6.45, 7) is 10.4. The van der Waals surface area contributed by atoms with E-state index in [-0.39, 0.29) is 17.7 Å². The number of fused-ring (bicyclic) bond motifs is 2. The summed E-state index contributed by atoms with van der Waals surface area (Å²) in [5.74, 6) is -0.303. The van der Waals surface area contributed by atoms with E-state index < -0.39 is 34.3 Å². The number of aliphatic imine (C=N–C) groups is 1. The maximum absolute atomic E-state index is 14.0. The van der Waals surface area contributed by atoms with E-state index in [9.17, 15) is 14.0 Å². The number of allylic oxidation sites excluding steroid dienone is 1. The number of nitrogens with zero attached hydrogens (tertiary/aromatic N) is 5. The Hall–Kier alpha value is -4.29. The highest BCUT2D eigenvalue weighted by molar-refractivity contribution is 8.32. The molecule has 12 heteroatoms. The molecule has 4 aromatic rings. The number of pyridine rings is 2. The van der Waals surface area contributed by atoms with Gasteiger partial charge in [0.1, 0.15) is 22.7 Å². The van der Waals surface area contributed by atoms with Crippen LogP contribution in [0, 0.1) is 5.82 Å². The molecule has 0 fully saturated rings. The fraction of sp³-hybridized carbons (Fsp3) is 0.382. The Morgan fingerprint density at radius 3 is 2.39 bits per heavy atom. The van der Waals surface area contributed by atoms with Crippen LogP contribution in [0.1, 0.15) is 60.8 Å². The topological polar surface area (TPSA) is 110 Å². The zero-order valence-electron chi connectivity index (χ0n) is 27.1. The average Bonchev–Trinajstić information content (AvgIpc) is 3.59. The van der Waals surface area contributed by atoms with E-state index >= 15 is 0 Å². The van der Waals surface area contributed by atoms with Gasteiger partial charge < -0.3 is 14.8 Å². The summed E-state index contributed by atoms with van der Waals surface area (Å²) in [7, 11) is 1.01. The molecule has 1 aliphatic carbocycles. The molecule has 242 valence electrons. The predicted molar refractivity (Wildman–Crippen MR) is 180 cm³/mol. The van der Waals surface area contributed by atoms with Crippen LogP contribution < -0.4 is 10.2 Å². The third-order valence-corrected chi connectivity index (χ3v) is 9.98. The number of hydrogen-bond donors (Lipinski definition) is 2. The van der Waals surface area contributed by atoms with Gasteiger partial charge in [-0.1, -0.05) is 12.1 Å². The molecular formula is C34H39FN6O4S. The van der Waals surface area contributed by atoms with Gasteiger partial charge in [0.25, 0.3) is 0 Å². The lowest BCUT2D eigenvalue weighted by Gasteiger charge is -2.30. The fourth-order valence-corrected chi connectivity index (χ4v) is 8.09. The summed E-state index contributed by atoms with van der Waals surface area (Å²) in [6.07, 6.45) is 6.25. The molecule has 2 amide bonds. The van der Waals surface area contributed by atoms with Crippen molar-refractivity contribution < 1.29 is 23.5 Å². The molecule has 1 N–H and O–H groups in total. The number of anilines is 1. The van der Waals surface area contributed by atoms with Gasteiger partial charge in [-0.05, 0) is 90.3 Å². The van der Waals surface area contributed by atoms with Crippen molar-refractivity contribution in [2.24, 2.45) is 4.99 Å². The van der Waals surface area contributed by atoms with Crippen LogP contribution in [0.25, 0.3) is 27.7 Å². The van der Waals surface area contributed by atoms with Gasteiger partial charge >= 0.3 is 12.2 Å². The molecule has 1 aliphatic heterocycles. The van der Waals surface area contributed by atoms with Gasteiger partial charge in [-0.25, -0.2) is 23.9 Å². The highest BCUT2D eigenvalue weighted by atomic mass is 32.2. The molecule has 3 aromatic heterocycles. The second-order valence-electron chi connectivity index (χ2n) is 13.4. The van der Waals surface area contributed by atoms with Crippen molar-refractivity contribution in [3.8, 4) is 11.3 Å². The van der Waals surface area contributed by atoms with E-state index in [0.717, 1.165) is 45.7 Å². The maximum Gasteiger partial charge on any atom is 0.425 e. The maximum atomic E-state index is 14.0. The van der Waals surface area contributed by atoms with Crippen LogP contribution in [0.4, 0.5) is 19.8 Å². The first-order valence-corrected chi connectivity index (χ1v) is 16.7. The van der Waals surface area contributed by atoms with Gasteiger partial charge in [0.2, 0.25) is 0 Å². The summed E-state index contributed by atoms with van der Waals surface area (Å²) in [4.78, 5) is 44.7. The Morgan fingerprint density at radius 2 is 1.72 bits per heavy atom. The Bertz CT molecular complexity index is 1890. The zero-order chi connectivity index (χ0) is 33.0. The summed E-state index contributed by atoms with van der Waals surface area (Å²) in [6, 6.07) is 8.75. The minimum absolute atomic E-state index is 0.0843. The standard InChI is InChI=1S/C34H39FN6O4S/c1-33(2,3)44-31(42)41(32(43)45-34(4,5)6)30-23-15-20(25-17-37-28-16-21(35)13-14-40(25)28)11-12-22(23)27(18-38-30)46-19-39-29-24(36-7)9-8-10-26(29)46/h11-19,24,36,46H,8-10H2,1-7H3. The Morgan fingerprint density at radius 1 is 1.00 bits per heavy atom. The van der Waals surface area contributed by atoms with Gasteiger partial charge in [-0.3, -0.25) is 9.39 Å². The molecule has 46 heavy (non-hydrogen) atoms. The van der Waals surface area contributed by atoms with Gasteiger partial charge in [0, 0.05) is 39.9 Å². The smallest absolute Gasteiger partial charge is 0.425 e. The van der Waals surface area contributed by atoms with Crippen LogP contribution in [0.5, 0.6) is 0 Å². The van der Waals surface area contributed by atoms with Crippen molar-refractivity contribution in [1.29, 1.82) is 0 Å². The normalized spacial score (nSPS) is 19.0. The van der Waals surface area contributed by atoms with Crippen LogP contribution in [0.2, 0.25) is 0 Å². The summed E-state index contributed by atoms with van der Waals surface area (Å²) < 4.78 is 27.2. The average molecular weight is 647 g/mol. The Labute approximate surface area is 270 Å². The van der Waals surface area contributed by atoms with Gasteiger partial charge in [-0.2, -0.15) is 15.8 Å². The number of aromatic nitrogens is 3. The third kappa shape index (κ3) is 6.11. The van der Waals surface area contributed by atoms with Crippen LogP contribution >= 0.6 is 10.9 Å². The van der Waals surface area contributed by atoms with E-state index in [1.54, 1.807) is 64.5 Å². The van der Waals surface area contributed by atoms with Crippen LogP contribution in [-0.2, 0) is 9.47 Å². The number of thiol groups is 1. The lowest BCUT2D eigenvalue weighted by molar-refractivity contribution is 0.0429. The van der Waals surface area contributed by atoms with Gasteiger partial charge in [-0.15, -0.1) is 0 Å². The van der Waals surface area contributed by atoms with Crippen molar-refractivity contribution in [2.75, 3.05) is 11.9 Å². The van der Waals surface area contributed by atoms with Crippen molar-refractivity contribution in [3.05, 3.63) is 65.3 Å². The summed E-state index contributed by atoms with van der Waals surface area (Å²) >= 11 is 0. The van der Waals surface area contributed by atoms with E-state index in [1.807, 2.05) is 30.8 Å². The summed E-state index contributed by atoms with van der Waals surface area (Å²) in [5, 5.41) is 4.77. The van der Waals surface area contributed by atoms with Crippen LogP contribution in [0.15, 0.2) is 69.4 Å². The number of amides is 2. The predicted octanol–water partition coefficient (Wildman–Crippen LogP) is 7.75. The highest BCUT2D eigenvalue weighted by Gasteiger charge is 2.36. The van der Waals surface area contributed by atoms with Crippen molar-refractivity contribution in [3.63, 3.8) is 0 Å². The van der Waals surface area contributed by atoms with Crippen LogP contribution in [0.3, 0.4) is 0 Å². The SMILES string of the molecule is CNC1CCCC2=C1N=C[SH]2c1cnc(N(C(=O)OC(C)(C)C)C(=O)OC(C)(C)C)c2cc(-c3cnc4cc(F)ccn34)ccc12. The first-order chi connectivity index (χ1) is 21.7. The first kappa shape index (κ1) is 31.7. The van der Waals surface area contributed by atoms with E-state index in [0.29, 0.717) is 16.7 Å². The minimum Gasteiger partial charge on any atom is -0.443 e. The lowest BCUT2D eigenvalue weighted by atomic mass is 9.99. The molecule has 0 saturated carbocycles. The number of carbonyl (C=O) groups excluding carboxylic acids is 2. The van der Waals surface area contributed by atoms with E-state index in [2.05, 4.69) is 10.3 Å². The van der Waals surface area contributed by atoms with Gasteiger partial charge in [0.15, 0.2) is 5.82 Å². The summed E-state index contributed by atoms with van der Waals surface area (Å²) in [5.41, 5.74) is 3.24. The number of ether oxygens (including phenoxy) is 2. The molecule has 0 saturated heterocycles. The van der Waals surface area contributed by atoms with E-state index in [4.69, 9.17) is 19.5 Å². The highest BCUT2D eigenvalue weighted by Crippen LogP contribution is 2.54. The monoisotopic (exact) mass is 646 g/mol.